The number of rotatable bonds is 4. The molecule has 3 aromatic rings. The summed E-state index contributed by atoms with van der Waals surface area (Å²) in [6, 6.07) is 2.00. The predicted molar refractivity (Wildman–Crippen MR) is 104 cm³/mol. The molecule has 2 fully saturated rings. The van der Waals surface area contributed by atoms with E-state index in [0.717, 1.165) is 54.7 Å². The van der Waals surface area contributed by atoms with E-state index in [0.29, 0.717) is 5.92 Å². The van der Waals surface area contributed by atoms with E-state index in [1.807, 2.05) is 12.3 Å². The van der Waals surface area contributed by atoms with Crippen LogP contribution in [0.15, 0.2) is 18.5 Å². The van der Waals surface area contributed by atoms with Gasteiger partial charge in [0.15, 0.2) is 11.3 Å². The standard InChI is InChI=1S/C20H26N6O2/c1-3-12-9-13(28-19(27)23-20(2)6-4-7-20)10-14(12)18-25-24-16-11-22-17-15(26(16)18)5-8-21-17/h5,8,11-14,21H,3-4,6-7,9-10H2,1-2H3,(H,23,27)/t12-,13+,14+/m1/s1. The summed E-state index contributed by atoms with van der Waals surface area (Å²) in [6.45, 7) is 4.27. The number of aromatic nitrogens is 5. The monoisotopic (exact) mass is 382 g/mol. The molecule has 3 aromatic heterocycles. The van der Waals surface area contributed by atoms with Crippen molar-refractivity contribution in [3.63, 3.8) is 0 Å². The summed E-state index contributed by atoms with van der Waals surface area (Å²) in [4.78, 5) is 19.9. The Morgan fingerprint density at radius 3 is 3.00 bits per heavy atom. The van der Waals surface area contributed by atoms with E-state index in [1.54, 1.807) is 6.20 Å². The third-order valence-electron chi connectivity index (χ3n) is 6.61. The van der Waals surface area contributed by atoms with Crippen LogP contribution in [0.1, 0.15) is 64.1 Å². The van der Waals surface area contributed by atoms with Gasteiger partial charge in [0, 0.05) is 17.7 Å². The van der Waals surface area contributed by atoms with Gasteiger partial charge in [-0.25, -0.2) is 9.78 Å². The molecule has 0 radical (unpaired) electrons. The van der Waals surface area contributed by atoms with Crippen molar-refractivity contribution in [3.05, 3.63) is 24.3 Å². The quantitative estimate of drug-likeness (QED) is 0.719. The number of hydrogen-bond donors (Lipinski definition) is 2. The van der Waals surface area contributed by atoms with E-state index in [1.165, 1.54) is 6.42 Å². The number of ether oxygens (including phenoxy) is 1. The lowest BCUT2D eigenvalue weighted by Gasteiger charge is -2.38. The zero-order valence-corrected chi connectivity index (χ0v) is 16.3. The van der Waals surface area contributed by atoms with Gasteiger partial charge in [-0.1, -0.05) is 13.3 Å². The highest BCUT2D eigenvalue weighted by molar-refractivity contribution is 5.74. The highest BCUT2D eigenvalue weighted by atomic mass is 16.6. The Bertz CT molecular complexity index is 1020. The lowest BCUT2D eigenvalue weighted by molar-refractivity contribution is 0.0798. The van der Waals surface area contributed by atoms with Gasteiger partial charge in [-0.15, -0.1) is 10.2 Å². The van der Waals surface area contributed by atoms with E-state index >= 15 is 0 Å². The molecule has 2 aliphatic carbocycles. The van der Waals surface area contributed by atoms with Crippen molar-refractivity contribution in [2.24, 2.45) is 5.92 Å². The molecule has 5 rings (SSSR count). The molecular formula is C20H26N6O2. The average molecular weight is 382 g/mol. The predicted octanol–water partition coefficient (Wildman–Crippen LogP) is 3.55. The van der Waals surface area contributed by atoms with Crippen molar-refractivity contribution in [3.8, 4) is 0 Å². The Morgan fingerprint density at radius 2 is 2.25 bits per heavy atom. The second kappa shape index (κ2) is 6.46. The largest absolute Gasteiger partial charge is 0.446 e. The lowest BCUT2D eigenvalue weighted by atomic mass is 9.79. The highest BCUT2D eigenvalue weighted by Gasteiger charge is 2.40. The van der Waals surface area contributed by atoms with Crippen molar-refractivity contribution in [2.45, 2.75) is 69.9 Å². The summed E-state index contributed by atoms with van der Waals surface area (Å²) in [5, 5.41) is 11.9. The third-order valence-corrected chi connectivity index (χ3v) is 6.61. The number of nitrogens with one attached hydrogen (secondary N) is 2. The van der Waals surface area contributed by atoms with Gasteiger partial charge in [0.2, 0.25) is 0 Å². The van der Waals surface area contributed by atoms with Crippen molar-refractivity contribution in [2.75, 3.05) is 0 Å². The minimum absolute atomic E-state index is 0.0880. The maximum absolute atomic E-state index is 12.4. The molecule has 3 heterocycles. The van der Waals surface area contributed by atoms with Crippen molar-refractivity contribution in [1.82, 2.24) is 29.9 Å². The average Bonchev–Trinajstić information content (AvgIpc) is 3.36. The van der Waals surface area contributed by atoms with E-state index in [9.17, 15) is 4.79 Å². The molecule has 1 amide bonds. The van der Waals surface area contributed by atoms with Gasteiger partial charge in [-0.2, -0.15) is 0 Å². The number of nitrogens with zero attached hydrogens (tertiary/aromatic N) is 4. The molecule has 0 bridgehead atoms. The first-order valence-electron chi connectivity index (χ1n) is 10.2. The fourth-order valence-corrected chi connectivity index (χ4v) is 4.83. The van der Waals surface area contributed by atoms with Crippen molar-refractivity contribution < 1.29 is 9.53 Å². The van der Waals surface area contributed by atoms with Crippen LogP contribution < -0.4 is 5.32 Å². The van der Waals surface area contributed by atoms with Gasteiger partial charge in [0.25, 0.3) is 0 Å². The smallest absolute Gasteiger partial charge is 0.407 e. The molecule has 2 saturated carbocycles. The Labute approximate surface area is 163 Å². The fraction of sp³-hybridized carbons (Fsp3) is 0.600. The molecular weight excluding hydrogens is 356 g/mol. The maximum Gasteiger partial charge on any atom is 0.407 e. The lowest BCUT2D eigenvalue weighted by Crippen LogP contribution is -2.51. The van der Waals surface area contributed by atoms with Gasteiger partial charge < -0.3 is 15.0 Å². The number of fused-ring (bicyclic) bond motifs is 3. The minimum atomic E-state index is -0.286. The molecule has 8 heteroatoms. The fourth-order valence-electron chi connectivity index (χ4n) is 4.83. The Balaban J connectivity index is 1.38. The summed E-state index contributed by atoms with van der Waals surface area (Å²) in [5.41, 5.74) is 2.46. The number of hydrogen-bond acceptors (Lipinski definition) is 5. The SMILES string of the molecule is CC[C@@H]1C[C@H](OC(=O)NC2(C)CCC2)C[C@@H]1c1nnc2cnc3[nH]ccc3n12. The number of alkyl carbamates (subject to hydrolysis) is 1. The highest BCUT2D eigenvalue weighted by Crippen LogP contribution is 2.42. The van der Waals surface area contributed by atoms with E-state index in [4.69, 9.17) is 4.74 Å². The zero-order chi connectivity index (χ0) is 19.3. The van der Waals surface area contributed by atoms with Crippen LogP contribution in [0.5, 0.6) is 0 Å². The zero-order valence-electron chi connectivity index (χ0n) is 16.3. The first-order valence-corrected chi connectivity index (χ1v) is 10.2. The van der Waals surface area contributed by atoms with Gasteiger partial charge in [0.1, 0.15) is 11.9 Å². The molecule has 148 valence electrons. The number of H-pyrrole nitrogens is 1. The van der Waals surface area contributed by atoms with E-state index < -0.39 is 0 Å². The van der Waals surface area contributed by atoms with Crippen molar-refractivity contribution >= 4 is 22.9 Å². The van der Waals surface area contributed by atoms with Crippen LogP contribution in [0.3, 0.4) is 0 Å². The van der Waals surface area contributed by atoms with Gasteiger partial charge in [-0.05, 0) is 51.0 Å². The second-order valence-electron chi connectivity index (χ2n) is 8.53. The Morgan fingerprint density at radius 1 is 1.39 bits per heavy atom. The Hall–Kier alpha value is -2.64. The molecule has 28 heavy (non-hydrogen) atoms. The van der Waals surface area contributed by atoms with Crippen LogP contribution in [0.4, 0.5) is 4.79 Å². The summed E-state index contributed by atoms with van der Waals surface area (Å²) >= 11 is 0. The van der Waals surface area contributed by atoms with Crippen LogP contribution in [0.25, 0.3) is 16.8 Å². The van der Waals surface area contributed by atoms with Crippen molar-refractivity contribution in [1.29, 1.82) is 0 Å². The van der Waals surface area contributed by atoms with E-state index in [2.05, 4.69) is 43.7 Å². The molecule has 0 unspecified atom stereocenters. The third kappa shape index (κ3) is 2.82. The summed E-state index contributed by atoms with van der Waals surface area (Å²) in [6.07, 6.45) is 9.12. The normalized spacial score (nSPS) is 26.4. The van der Waals surface area contributed by atoms with Gasteiger partial charge in [0.05, 0.1) is 11.7 Å². The van der Waals surface area contributed by atoms with Gasteiger partial charge >= 0.3 is 6.09 Å². The molecule has 3 atom stereocenters. The number of amides is 1. The van der Waals surface area contributed by atoms with Crippen LogP contribution >= 0.6 is 0 Å². The Kier molecular flexibility index (Phi) is 4.03. The molecule has 0 spiro atoms. The molecule has 2 aliphatic rings. The first kappa shape index (κ1) is 17.5. The maximum atomic E-state index is 12.4. The van der Waals surface area contributed by atoms with Crippen LogP contribution in [-0.4, -0.2) is 42.3 Å². The summed E-state index contributed by atoms with van der Waals surface area (Å²) in [7, 11) is 0. The molecule has 2 N–H and O–H groups in total. The van der Waals surface area contributed by atoms with Gasteiger partial charge in [-0.3, -0.25) is 4.40 Å². The number of carbonyl (C=O) groups is 1. The number of carbonyl (C=O) groups excluding carboxylic acids is 1. The van der Waals surface area contributed by atoms with Crippen LogP contribution in [0.2, 0.25) is 0 Å². The van der Waals surface area contributed by atoms with Crippen LogP contribution in [-0.2, 0) is 4.74 Å². The minimum Gasteiger partial charge on any atom is -0.446 e. The molecule has 0 saturated heterocycles. The van der Waals surface area contributed by atoms with Crippen LogP contribution in [0, 0.1) is 5.92 Å². The number of aromatic amines is 1. The first-order chi connectivity index (χ1) is 13.6. The summed E-state index contributed by atoms with van der Waals surface area (Å²) < 4.78 is 7.89. The second-order valence-corrected chi connectivity index (χ2v) is 8.53. The molecule has 8 nitrogen and oxygen atoms in total. The molecule has 0 aliphatic heterocycles. The molecule has 0 aromatic carbocycles. The topological polar surface area (TPSA) is 97.2 Å². The van der Waals surface area contributed by atoms with E-state index in [-0.39, 0.29) is 23.7 Å². The summed E-state index contributed by atoms with van der Waals surface area (Å²) in [5.74, 6) is 1.55.